The van der Waals surface area contributed by atoms with E-state index in [4.69, 9.17) is 5.26 Å². The normalized spacial score (nSPS) is 11.3. The average Bonchev–Trinajstić information content (AvgIpc) is 2.31. The summed E-state index contributed by atoms with van der Waals surface area (Å²) in [7, 11) is 0. The summed E-state index contributed by atoms with van der Waals surface area (Å²) in [6, 6.07) is 6.02. The molecule has 1 N–H and O–H groups in total. The van der Waals surface area contributed by atoms with Crippen LogP contribution in [0.5, 0.6) is 0 Å². The quantitative estimate of drug-likeness (QED) is 0.842. The Morgan fingerprint density at radius 3 is 2.61 bits per heavy atom. The topological polar surface area (TPSA) is 35.8 Å². The fourth-order valence-electron chi connectivity index (χ4n) is 1.68. The van der Waals surface area contributed by atoms with E-state index in [9.17, 15) is 8.78 Å². The van der Waals surface area contributed by atoms with Crippen LogP contribution in [0.15, 0.2) is 18.2 Å². The summed E-state index contributed by atoms with van der Waals surface area (Å²) in [4.78, 5) is 0. The van der Waals surface area contributed by atoms with Crippen molar-refractivity contribution >= 4 is 0 Å². The first-order valence-electron chi connectivity index (χ1n) is 5.96. The summed E-state index contributed by atoms with van der Waals surface area (Å²) in [6.45, 7) is 5.37. The highest BCUT2D eigenvalue weighted by Gasteiger charge is 2.16. The highest BCUT2D eigenvalue weighted by atomic mass is 19.2. The zero-order valence-electron chi connectivity index (χ0n) is 10.8. The van der Waals surface area contributed by atoms with Crippen molar-refractivity contribution in [3.8, 4) is 6.07 Å². The number of nitriles is 1. The van der Waals surface area contributed by atoms with Crippen molar-refractivity contribution in [2.24, 2.45) is 5.41 Å². The third-order valence-corrected chi connectivity index (χ3v) is 2.83. The largest absolute Gasteiger partial charge is 0.312 e. The van der Waals surface area contributed by atoms with Gasteiger partial charge in [-0.3, -0.25) is 0 Å². The molecule has 0 aliphatic heterocycles. The first-order chi connectivity index (χ1) is 8.44. The second-order valence-electron chi connectivity index (χ2n) is 5.17. The molecule has 0 amide bonds. The van der Waals surface area contributed by atoms with Crippen LogP contribution < -0.4 is 5.32 Å². The molecule has 0 aliphatic rings. The molecule has 0 saturated carbocycles. The molecule has 0 unspecified atom stereocenters. The number of hydrogen-bond donors (Lipinski definition) is 1. The van der Waals surface area contributed by atoms with Crippen LogP contribution >= 0.6 is 0 Å². The predicted octanol–water partition coefficient (Wildman–Crippen LogP) is 3.38. The summed E-state index contributed by atoms with van der Waals surface area (Å²) < 4.78 is 25.7. The minimum absolute atomic E-state index is 0.0221. The van der Waals surface area contributed by atoms with Gasteiger partial charge in [-0.2, -0.15) is 5.26 Å². The van der Waals surface area contributed by atoms with Gasteiger partial charge in [-0.05, 0) is 29.5 Å². The molecule has 0 atom stereocenters. The lowest BCUT2D eigenvalue weighted by molar-refractivity contribution is 0.317. The third-order valence-electron chi connectivity index (χ3n) is 2.83. The molecule has 0 saturated heterocycles. The van der Waals surface area contributed by atoms with Gasteiger partial charge in [-0.25, -0.2) is 8.78 Å². The Kier molecular flexibility index (Phi) is 5.24. The van der Waals surface area contributed by atoms with E-state index in [-0.39, 0.29) is 5.41 Å². The molecular weight excluding hydrogens is 234 g/mol. The van der Waals surface area contributed by atoms with Crippen molar-refractivity contribution in [1.82, 2.24) is 5.32 Å². The van der Waals surface area contributed by atoms with Crippen molar-refractivity contribution < 1.29 is 8.78 Å². The first-order valence-corrected chi connectivity index (χ1v) is 5.96. The highest BCUT2D eigenvalue weighted by Crippen LogP contribution is 2.20. The van der Waals surface area contributed by atoms with Crippen LogP contribution in [0.25, 0.3) is 0 Å². The molecule has 2 nitrogen and oxygen atoms in total. The van der Waals surface area contributed by atoms with Crippen LogP contribution in [0, 0.1) is 28.4 Å². The molecule has 4 heteroatoms. The Balaban J connectivity index is 2.41. The Bertz CT molecular complexity index is 436. The van der Waals surface area contributed by atoms with E-state index in [2.05, 4.69) is 25.2 Å². The molecule has 0 bridgehead atoms. The molecule has 18 heavy (non-hydrogen) atoms. The smallest absolute Gasteiger partial charge is 0.159 e. The molecular formula is C14H18F2N2. The van der Waals surface area contributed by atoms with E-state index in [1.807, 2.05) is 0 Å². The molecule has 0 aromatic heterocycles. The lowest BCUT2D eigenvalue weighted by atomic mass is 9.88. The number of nitrogens with one attached hydrogen (secondary N) is 1. The second-order valence-corrected chi connectivity index (χ2v) is 5.17. The minimum Gasteiger partial charge on any atom is -0.312 e. The van der Waals surface area contributed by atoms with E-state index < -0.39 is 11.6 Å². The maximum atomic E-state index is 13.0. The maximum Gasteiger partial charge on any atom is 0.159 e. The third kappa shape index (κ3) is 4.80. The first kappa shape index (κ1) is 14.6. The zero-order valence-corrected chi connectivity index (χ0v) is 10.8. The molecule has 0 radical (unpaired) electrons. The molecule has 0 heterocycles. The number of nitrogens with zero attached hydrogens (tertiary/aromatic N) is 1. The highest BCUT2D eigenvalue weighted by molar-refractivity contribution is 5.17. The fraction of sp³-hybridized carbons (Fsp3) is 0.500. The van der Waals surface area contributed by atoms with Crippen molar-refractivity contribution in [1.29, 1.82) is 5.26 Å². The summed E-state index contributed by atoms with van der Waals surface area (Å²) >= 11 is 0. The monoisotopic (exact) mass is 252 g/mol. The Morgan fingerprint density at radius 1 is 1.28 bits per heavy atom. The zero-order chi connectivity index (χ0) is 13.6. The van der Waals surface area contributed by atoms with Crippen molar-refractivity contribution in [2.75, 3.05) is 6.54 Å². The number of benzene rings is 1. The second kappa shape index (κ2) is 6.46. The van der Waals surface area contributed by atoms with Gasteiger partial charge in [0.15, 0.2) is 11.6 Å². The van der Waals surface area contributed by atoms with Gasteiger partial charge in [-0.15, -0.1) is 0 Å². The molecule has 0 fully saturated rings. The van der Waals surface area contributed by atoms with Crippen molar-refractivity contribution in [3.05, 3.63) is 35.4 Å². The van der Waals surface area contributed by atoms with E-state index in [1.165, 1.54) is 6.07 Å². The molecule has 0 spiro atoms. The molecule has 1 rings (SSSR count). The summed E-state index contributed by atoms with van der Waals surface area (Å²) in [5, 5.41) is 11.7. The molecule has 1 aromatic rings. The summed E-state index contributed by atoms with van der Waals surface area (Å²) in [6.07, 6.45) is 1.34. The average molecular weight is 252 g/mol. The van der Waals surface area contributed by atoms with Crippen LogP contribution in [0.1, 0.15) is 32.3 Å². The lowest BCUT2D eigenvalue weighted by Gasteiger charge is -2.23. The number of halogens is 2. The SMILES string of the molecule is CC(C)(CCC#N)CNCc1ccc(F)c(F)c1. The number of hydrogen-bond acceptors (Lipinski definition) is 2. The van der Waals surface area contributed by atoms with Gasteiger partial charge in [0.2, 0.25) is 0 Å². The van der Waals surface area contributed by atoms with Gasteiger partial charge in [0.1, 0.15) is 0 Å². The van der Waals surface area contributed by atoms with Crippen molar-refractivity contribution in [3.63, 3.8) is 0 Å². The van der Waals surface area contributed by atoms with E-state index in [0.29, 0.717) is 18.5 Å². The minimum atomic E-state index is -0.826. The standard InChI is InChI=1S/C14H18F2N2/c1-14(2,6-3-7-17)10-18-9-11-4-5-12(15)13(16)8-11/h4-5,8,18H,3,6,9-10H2,1-2H3. The van der Waals surface area contributed by atoms with Crippen LogP contribution in [-0.2, 0) is 6.54 Å². The van der Waals surface area contributed by atoms with Crippen LogP contribution in [0.4, 0.5) is 8.78 Å². The van der Waals surface area contributed by atoms with Gasteiger partial charge < -0.3 is 5.32 Å². The number of rotatable bonds is 6. The van der Waals surface area contributed by atoms with Gasteiger partial charge in [0, 0.05) is 19.5 Å². The van der Waals surface area contributed by atoms with E-state index in [0.717, 1.165) is 19.0 Å². The predicted molar refractivity (Wildman–Crippen MR) is 66.7 cm³/mol. The molecule has 98 valence electrons. The van der Waals surface area contributed by atoms with Crippen molar-refractivity contribution in [2.45, 2.75) is 33.2 Å². The maximum absolute atomic E-state index is 13.0. The van der Waals surface area contributed by atoms with Crippen LogP contribution in [0.3, 0.4) is 0 Å². The van der Waals surface area contributed by atoms with Gasteiger partial charge >= 0.3 is 0 Å². The van der Waals surface area contributed by atoms with Crippen LogP contribution in [-0.4, -0.2) is 6.54 Å². The Morgan fingerprint density at radius 2 is 2.00 bits per heavy atom. The summed E-state index contributed by atoms with van der Waals surface area (Å²) in [5.74, 6) is -1.65. The molecule has 0 aliphatic carbocycles. The molecule has 1 aromatic carbocycles. The van der Waals surface area contributed by atoms with E-state index in [1.54, 1.807) is 6.07 Å². The van der Waals surface area contributed by atoms with Gasteiger partial charge in [-0.1, -0.05) is 19.9 Å². The summed E-state index contributed by atoms with van der Waals surface area (Å²) in [5.41, 5.74) is 0.735. The van der Waals surface area contributed by atoms with Crippen LogP contribution in [0.2, 0.25) is 0 Å². The Labute approximate surface area is 107 Å². The van der Waals surface area contributed by atoms with Gasteiger partial charge in [0.25, 0.3) is 0 Å². The fourth-order valence-corrected chi connectivity index (χ4v) is 1.68. The van der Waals surface area contributed by atoms with E-state index >= 15 is 0 Å². The lowest BCUT2D eigenvalue weighted by Crippen LogP contribution is -2.29. The Hall–Kier alpha value is -1.47. The van der Waals surface area contributed by atoms with Gasteiger partial charge in [0.05, 0.1) is 6.07 Å².